The maximum atomic E-state index is 12.0. The molecule has 106 valence electrons. The molecule has 0 bridgehead atoms. The van der Waals surface area contributed by atoms with Gasteiger partial charge in [0.2, 0.25) is 5.91 Å². The smallest absolute Gasteiger partial charge is 0.225 e. The van der Waals surface area contributed by atoms with Crippen molar-refractivity contribution in [2.45, 2.75) is 33.1 Å². The molecule has 0 saturated carbocycles. The third-order valence-electron chi connectivity index (χ3n) is 2.78. The lowest BCUT2D eigenvalue weighted by Gasteiger charge is -2.21. The van der Waals surface area contributed by atoms with E-state index in [-0.39, 0.29) is 5.91 Å². The molecule has 0 unspecified atom stereocenters. The van der Waals surface area contributed by atoms with Gasteiger partial charge < -0.3 is 15.4 Å². The van der Waals surface area contributed by atoms with Crippen molar-refractivity contribution < 1.29 is 9.53 Å². The van der Waals surface area contributed by atoms with Gasteiger partial charge in [-0.3, -0.25) is 4.79 Å². The molecular weight excluding hydrogens is 240 g/mol. The fraction of sp³-hybridized carbons (Fsp3) is 0.533. The summed E-state index contributed by atoms with van der Waals surface area (Å²) in [4.78, 5) is 13.9. The summed E-state index contributed by atoms with van der Waals surface area (Å²) in [5.74, 6) is 0.873. The summed E-state index contributed by atoms with van der Waals surface area (Å²) in [5, 5.41) is 0. The zero-order valence-corrected chi connectivity index (χ0v) is 11.9. The largest absolute Gasteiger partial charge is 0.493 e. The summed E-state index contributed by atoms with van der Waals surface area (Å²) < 4.78 is 5.54. The second-order valence-electron chi connectivity index (χ2n) is 4.55. The van der Waals surface area contributed by atoms with Gasteiger partial charge in [-0.1, -0.05) is 19.9 Å². The molecular formula is C15H24N2O2. The molecule has 0 aliphatic heterocycles. The monoisotopic (exact) mass is 264 g/mol. The van der Waals surface area contributed by atoms with E-state index in [0.717, 1.165) is 25.9 Å². The quantitative estimate of drug-likeness (QED) is 0.734. The number of carbonyl (C=O) groups is 1. The van der Waals surface area contributed by atoms with Gasteiger partial charge in [0.1, 0.15) is 5.75 Å². The molecule has 0 fully saturated rings. The van der Waals surface area contributed by atoms with Crippen LogP contribution in [0.3, 0.4) is 0 Å². The number of carbonyl (C=O) groups excluding carboxylic acids is 1. The van der Waals surface area contributed by atoms with Gasteiger partial charge in [-0.15, -0.1) is 0 Å². The average molecular weight is 264 g/mol. The first-order valence-corrected chi connectivity index (χ1v) is 6.93. The summed E-state index contributed by atoms with van der Waals surface area (Å²) >= 11 is 0. The van der Waals surface area contributed by atoms with E-state index in [4.69, 9.17) is 10.5 Å². The van der Waals surface area contributed by atoms with Gasteiger partial charge >= 0.3 is 0 Å². The zero-order valence-electron chi connectivity index (χ0n) is 11.9. The Balaban J connectivity index is 2.36. The lowest BCUT2D eigenvalue weighted by molar-refractivity contribution is -0.131. The SMILES string of the molecule is CCCN(CCC)C(=O)CCOc1cccc(N)c1. The second kappa shape index (κ2) is 8.40. The first-order chi connectivity index (χ1) is 9.17. The molecule has 19 heavy (non-hydrogen) atoms. The Hall–Kier alpha value is -1.71. The van der Waals surface area contributed by atoms with Gasteiger partial charge in [0.25, 0.3) is 0 Å². The van der Waals surface area contributed by atoms with Crippen LogP contribution in [0.2, 0.25) is 0 Å². The lowest BCUT2D eigenvalue weighted by Crippen LogP contribution is -2.33. The standard InChI is InChI=1S/C15H24N2O2/c1-3-9-17(10-4-2)15(18)8-11-19-14-7-5-6-13(16)12-14/h5-7,12H,3-4,8-11,16H2,1-2H3. The van der Waals surface area contributed by atoms with Gasteiger partial charge in [-0.05, 0) is 25.0 Å². The van der Waals surface area contributed by atoms with Crippen LogP contribution in [0.15, 0.2) is 24.3 Å². The van der Waals surface area contributed by atoms with Crippen molar-refractivity contribution in [1.29, 1.82) is 0 Å². The van der Waals surface area contributed by atoms with Crippen LogP contribution in [-0.4, -0.2) is 30.5 Å². The number of anilines is 1. The number of nitrogens with two attached hydrogens (primary N) is 1. The Morgan fingerprint density at radius 1 is 1.26 bits per heavy atom. The Morgan fingerprint density at radius 2 is 1.95 bits per heavy atom. The molecule has 0 radical (unpaired) electrons. The molecule has 0 spiro atoms. The number of hydrogen-bond donors (Lipinski definition) is 1. The van der Waals surface area contributed by atoms with E-state index in [9.17, 15) is 4.79 Å². The van der Waals surface area contributed by atoms with Gasteiger partial charge in [-0.25, -0.2) is 0 Å². The van der Waals surface area contributed by atoms with Crippen LogP contribution in [0, 0.1) is 0 Å². The fourth-order valence-electron chi connectivity index (χ4n) is 1.92. The minimum absolute atomic E-state index is 0.160. The Bertz CT molecular complexity index is 387. The number of hydrogen-bond acceptors (Lipinski definition) is 3. The molecule has 4 nitrogen and oxygen atoms in total. The van der Waals surface area contributed by atoms with E-state index < -0.39 is 0 Å². The maximum absolute atomic E-state index is 12.0. The van der Waals surface area contributed by atoms with Gasteiger partial charge in [0, 0.05) is 24.8 Å². The third kappa shape index (κ3) is 5.64. The summed E-state index contributed by atoms with van der Waals surface area (Å²) in [6.45, 7) is 6.21. The van der Waals surface area contributed by atoms with Crippen LogP contribution >= 0.6 is 0 Å². The van der Waals surface area contributed by atoms with Crippen LogP contribution in [0.5, 0.6) is 5.75 Å². The minimum Gasteiger partial charge on any atom is -0.493 e. The number of benzene rings is 1. The predicted molar refractivity (Wildman–Crippen MR) is 78.1 cm³/mol. The van der Waals surface area contributed by atoms with E-state index in [1.807, 2.05) is 23.1 Å². The molecule has 1 rings (SSSR count). The summed E-state index contributed by atoms with van der Waals surface area (Å²) in [6, 6.07) is 7.26. The minimum atomic E-state index is 0.160. The van der Waals surface area contributed by atoms with E-state index >= 15 is 0 Å². The molecule has 0 heterocycles. The normalized spacial score (nSPS) is 10.2. The highest BCUT2D eigenvalue weighted by Gasteiger charge is 2.11. The van der Waals surface area contributed by atoms with E-state index in [1.54, 1.807) is 6.07 Å². The molecule has 2 N–H and O–H groups in total. The van der Waals surface area contributed by atoms with Gasteiger partial charge in [0.05, 0.1) is 13.0 Å². The summed E-state index contributed by atoms with van der Waals surface area (Å²) in [7, 11) is 0. The van der Waals surface area contributed by atoms with Crippen molar-refractivity contribution in [3.63, 3.8) is 0 Å². The van der Waals surface area contributed by atoms with Crippen LogP contribution in [0.1, 0.15) is 33.1 Å². The first-order valence-electron chi connectivity index (χ1n) is 6.93. The van der Waals surface area contributed by atoms with Crippen LogP contribution < -0.4 is 10.5 Å². The maximum Gasteiger partial charge on any atom is 0.225 e. The van der Waals surface area contributed by atoms with Crippen molar-refractivity contribution in [2.24, 2.45) is 0 Å². The highest BCUT2D eigenvalue weighted by atomic mass is 16.5. The molecule has 0 aliphatic carbocycles. The van der Waals surface area contributed by atoms with Crippen molar-refractivity contribution in [1.82, 2.24) is 4.90 Å². The highest BCUT2D eigenvalue weighted by Crippen LogP contribution is 2.14. The Kier molecular flexibility index (Phi) is 6.79. The number of rotatable bonds is 8. The van der Waals surface area contributed by atoms with Crippen molar-refractivity contribution in [3.05, 3.63) is 24.3 Å². The molecule has 0 aliphatic rings. The van der Waals surface area contributed by atoms with Crippen molar-refractivity contribution >= 4 is 11.6 Å². The fourth-order valence-corrected chi connectivity index (χ4v) is 1.92. The van der Waals surface area contributed by atoms with Crippen molar-refractivity contribution in [3.8, 4) is 5.75 Å². The van der Waals surface area contributed by atoms with Crippen LogP contribution in [-0.2, 0) is 4.79 Å². The lowest BCUT2D eigenvalue weighted by atomic mass is 10.3. The molecule has 1 amide bonds. The molecule has 1 aromatic carbocycles. The molecule has 0 saturated heterocycles. The number of nitrogens with zero attached hydrogens (tertiary/aromatic N) is 1. The number of amides is 1. The summed E-state index contributed by atoms with van der Waals surface area (Å²) in [5.41, 5.74) is 6.33. The third-order valence-corrected chi connectivity index (χ3v) is 2.78. The highest BCUT2D eigenvalue weighted by molar-refractivity contribution is 5.76. The average Bonchev–Trinajstić information content (AvgIpc) is 2.38. The number of nitrogen functional groups attached to an aromatic ring is 1. The van der Waals surface area contributed by atoms with Gasteiger partial charge in [0.15, 0.2) is 0 Å². The van der Waals surface area contributed by atoms with E-state index in [1.165, 1.54) is 0 Å². The van der Waals surface area contributed by atoms with Gasteiger partial charge in [-0.2, -0.15) is 0 Å². The first kappa shape index (κ1) is 15.3. The molecule has 4 heteroatoms. The zero-order chi connectivity index (χ0) is 14.1. The molecule has 0 aromatic heterocycles. The van der Waals surface area contributed by atoms with E-state index in [0.29, 0.717) is 24.5 Å². The topological polar surface area (TPSA) is 55.6 Å². The Morgan fingerprint density at radius 3 is 2.53 bits per heavy atom. The molecule has 1 aromatic rings. The molecule has 0 atom stereocenters. The van der Waals surface area contributed by atoms with Crippen molar-refractivity contribution in [2.75, 3.05) is 25.4 Å². The predicted octanol–water partition coefficient (Wildman–Crippen LogP) is 2.69. The Labute approximate surface area is 115 Å². The second-order valence-corrected chi connectivity index (χ2v) is 4.55. The van der Waals surface area contributed by atoms with Crippen LogP contribution in [0.4, 0.5) is 5.69 Å². The van der Waals surface area contributed by atoms with E-state index in [2.05, 4.69) is 13.8 Å². The van der Waals surface area contributed by atoms with Crippen LogP contribution in [0.25, 0.3) is 0 Å². The number of ether oxygens (including phenoxy) is 1. The summed E-state index contributed by atoms with van der Waals surface area (Å²) in [6.07, 6.45) is 2.39.